The molecule has 0 aliphatic carbocycles. The topological polar surface area (TPSA) is 35.5 Å². The monoisotopic (exact) mass is 276 g/mol. The summed E-state index contributed by atoms with van der Waals surface area (Å²) in [4.78, 5) is 2.38. The molecule has 0 radical (unpaired) electrons. The number of aliphatic hydroxyl groups is 1. The Morgan fingerprint density at radius 1 is 1.30 bits per heavy atom. The number of rotatable bonds is 4. The van der Waals surface area contributed by atoms with Gasteiger partial charge in [0.1, 0.15) is 0 Å². The van der Waals surface area contributed by atoms with Crippen LogP contribution in [-0.2, 0) is 6.54 Å². The van der Waals surface area contributed by atoms with Crippen molar-refractivity contribution in [2.45, 2.75) is 52.2 Å². The molecule has 1 aromatic carbocycles. The Morgan fingerprint density at radius 2 is 2.00 bits per heavy atom. The molecule has 2 N–H and O–H groups in total. The Morgan fingerprint density at radius 3 is 2.65 bits per heavy atom. The maximum atomic E-state index is 9.66. The van der Waals surface area contributed by atoms with Crippen LogP contribution in [0.3, 0.4) is 0 Å². The van der Waals surface area contributed by atoms with Crippen molar-refractivity contribution in [2.75, 3.05) is 18.1 Å². The lowest BCUT2D eigenvalue weighted by molar-refractivity contribution is 0.244. The summed E-state index contributed by atoms with van der Waals surface area (Å²) in [5.41, 5.74) is 2.70. The molecule has 2 rings (SSSR count). The molecule has 1 saturated heterocycles. The minimum absolute atomic E-state index is 0.113. The maximum absolute atomic E-state index is 9.66. The van der Waals surface area contributed by atoms with Gasteiger partial charge in [-0.2, -0.15) is 0 Å². The first-order chi connectivity index (χ1) is 9.42. The minimum Gasteiger partial charge on any atom is -0.394 e. The molecule has 1 aromatic rings. The summed E-state index contributed by atoms with van der Waals surface area (Å²) < 4.78 is 0. The van der Waals surface area contributed by atoms with Crippen molar-refractivity contribution in [3.05, 3.63) is 29.8 Å². The average Bonchev–Trinajstić information content (AvgIpc) is 2.77. The molecule has 112 valence electrons. The highest BCUT2D eigenvalue weighted by molar-refractivity contribution is 5.55. The first-order valence-corrected chi connectivity index (χ1v) is 7.63. The fourth-order valence-corrected chi connectivity index (χ4v) is 2.89. The lowest BCUT2D eigenvalue weighted by atomic mass is 10.0. The Kier molecular flexibility index (Phi) is 4.71. The van der Waals surface area contributed by atoms with E-state index >= 15 is 0 Å². The van der Waals surface area contributed by atoms with E-state index in [0.29, 0.717) is 5.92 Å². The molecule has 0 saturated carbocycles. The highest BCUT2D eigenvalue weighted by Crippen LogP contribution is 2.31. The van der Waals surface area contributed by atoms with E-state index in [0.717, 1.165) is 19.5 Å². The van der Waals surface area contributed by atoms with Crippen LogP contribution >= 0.6 is 0 Å². The Hall–Kier alpha value is -1.06. The van der Waals surface area contributed by atoms with Crippen molar-refractivity contribution in [3.8, 4) is 0 Å². The number of nitrogens with zero attached hydrogens (tertiary/aromatic N) is 1. The molecule has 0 bridgehead atoms. The summed E-state index contributed by atoms with van der Waals surface area (Å²) in [7, 11) is 0. The van der Waals surface area contributed by atoms with Crippen LogP contribution in [0.15, 0.2) is 24.3 Å². The second-order valence-electron chi connectivity index (χ2n) is 6.94. The number of anilines is 1. The van der Waals surface area contributed by atoms with Gasteiger partial charge in [-0.15, -0.1) is 0 Å². The molecule has 0 amide bonds. The summed E-state index contributed by atoms with van der Waals surface area (Å²) >= 11 is 0. The molecule has 2 atom stereocenters. The van der Waals surface area contributed by atoms with Crippen LogP contribution in [-0.4, -0.2) is 29.8 Å². The van der Waals surface area contributed by atoms with Crippen molar-refractivity contribution in [3.63, 3.8) is 0 Å². The van der Waals surface area contributed by atoms with Crippen LogP contribution < -0.4 is 10.2 Å². The van der Waals surface area contributed by atoms with Crippen molar-refractivity contribution >= 4 is 5.69 Å². The Balaban J connectivity index is 2.19. The minimum atomic E-state index is 0.113. The molecular formula is C17H28N2O. The second-order valence-corrected chi connectivity index (χ2v) is 6.94. The summed E-state index contributed by atoms with van der Waals surface area (Å²) in [6.45, 7) is 10.9. The third-order valence-corrected chi connectivity index (χ3v) is 4.18. The van der Waals surface area contributed by atoms with Gasteiger partial charge in [0, 0.05) is 24.3 Å². The number of aliphatic hydroxyl groups excluding tert-OH is 1. The number of para-hydroxylation sites is 1. The van der Waals surface area contributed by atoms with Crippen LogP contribution in [0.2, 0.25) is 0 Å². The smallest absolute Gasteiger partial charge is 0.0637 e. The van der Waals surface area contributed by atoms with Crippen molar-refractivity contribution in [1.82, 2.24) is 5.32 Å². The predicted molar refractivity (Wildman–Crippen MR) is 85.0 cm³/mol. The van der Waals surface area contributed by atoms with Crippen LogP contribution in [0.4, 0.5) is 5.69 Å². The van der Waals surface area contributed by atoms with Crippen LogP contribution in [0.1, 0.15) is 39.7 Å². The van der Waals surface area contributed by atoms with Crippen LogP contribution in [0.5, 0.6) is 0 Å². The number of hydrogen-bond acceptors (Lipinski definition) is 3. The summed E-state index contributed by atoms with van der Waals surface area (Å²) in [5.74, 6) is 0.559. The van der Waals surface area contributed by atoms with Crippen molar-refractivity contribution in [2.24, 2.45) is 5.92 Å². The Labute approximate surface area is 123 Å². The van der Waals surface area contributed by atoms with E-state index in [1.54, 1.807) is 0 Å². The van der Waals surface area contributed by atoms with Gasteiger partial charge in [0.25, 0.3) is 0 Å². The van der Waals surface area contributed by atoms with Gasteiger partial charge in [-0.1, -0.05) is 25.1 Å². The highest BCUT2D eigenvalue weighted by Gasteiger charge is 2.31. The molecule has 3 nitrogen and oxygen atoms in total. The van der Waals surface area contributed by atoms with E-state index in [4.69, 9.17) is 0 Å². The number of benzene rings is 1. The summed E-state index contributed by atoms with van der Waals surface area (Å²) in [6, 6.07) is 8.81. The van der Waals surface area contributed by atoms with Gasteiger partial charge in [-0.25, -0.2) is 0 Å². The molecule has 3 heteroatoms. The maximum Gasteiger partial charge on any atom is 0.0637 e. The van der Waals surface area contributed by atoms with Gasteiger partial charge in [0.15, 0.2) is 0 Å². The third-order valence-electron chi connectivity index (χ3n) is 4.18. The van der Waals surface area contributed by atoms with E-state index < -0.39 is 0 Å². The lowest BCUT2D eigenvalue weighted by Gasteiger charge is -2.30. The zero-order chi connectivity index (χ0) is 14.8. The molecule has 2 unspecified atom stereocenters. The predicted octanol–water partition coefficient (Wildman–Crippen LogP) is 2.78. The SMILES string of the molecule is CC1CCN(c2ccccc2CNC(C)(C)C)C1CO. The quantitative estimate of drug-likeness (QED) is 0.887. The second kappa shape index (κ2) is 6.15. The normalized spacial score (nSPS) is 23.4. The molecule has 1 aliphatic heterocycles. The fourth-order valence-electron chi connectivity index (χ4n) is 2.89. The van der Waals surface area contributed by atoms with Gasteiger partial charge in [-0.05, 0) is 44.7 Å². The molecular weight excluding hydrogens is 248 g/mol. The van der Waals surface area contributed by atoms with Crippen molar-refractivity contribution < 1.29 is 5.11 Å². The Bertz CT molecular complexity index is 439. The van der Waals surface area contributed by atoms with E-state index in [-0.39, 0.29) is 18.2 Å². The highest BCUT2D eigenvalue weighted by atomic mass is 16.3. The van der Waals surface area contributed by atoms with Gasteiger partial charge < -0.3 is 15.3 Å². The van der Waals surface area contributed by atoms with E-state index in [1.807, 2.05) is 0 Å². The lowest BCUT2D eigenvalue weighted by Crippen LogP contribution is -2.38. The summed E-state index contributed by atoms with van der Waals surface area (Å²) in [6.07, 6.45) is 1.16. The average molecular weight is 276 g/mol. The first-order valence-electron chi connectivity index (χ1n) is 7.63. The van der Waals surface area contributed by atoms with Gasteiger partial charge in [0.2, 0.25) is 0 Å². The zero-order valence-electron chi connectivity index (χ0n) is 13.2. The van der Waals surface area contributed by atoms with E-state index in [9.17, 15) is 5.11 Å². The molecule has 20 heavy (non-hydrogen) atoms. The van der Waals surface area contributed by atoms with Crippen LogP contribution in [0.25, 0.3) is 0 Å². The number of nitrogens with one attached hydrogen (secondary N) is 1. The molecule has 1 aliphatic rings. The van der Waals surface area contributed by atoms with Gasteiger partial charge >= 0.3 is 0 Å². The zero-order valence-corrected chi connectivity index (χ0v) is 13.2. The van der Waals surface area contributed by atoms with E-state index in [1.165, 1.54) is 11.3 Å². The molecule has 0 aromatic heterocycles. The van der Waals surface area contributed by atoms with Gasteiger partial charge in [0.05, 0.1) is 12.6 Å². The standard InChI is InChI=1S/C17H28N2O/c1-13-9-10-19(16(13)12-20)15-8-6-5-7-14(15)11-18-17(2,3)4/h5-8,13,16,18,20H,9-12H2,1-4H3. The van der Waals surface area contributed by atoms with Crippen LogP contribution in [0, 0.1) is 5.92 Å². The molecule has 1 fully saturated rings. The van der Waals surface area contributed by atoms with Crippen molar-refractivity contribution in [1.29, 1.82) is 0 Å². The molecule has 1 heterocycles. The van der Waals surface area contributed by atoms with E-state index in [2.05, 4.69) is 62.2 Å². The molecule has 0 spiro atoms. The third kappa shape index (κ3) is 3.53. The van der Waals surface area contributed by atoms with Gasteiger partial charge in [-0.3, -0.25) is 0 Å². The largest absolute Gasteiger partial charge is 0.394 e. The summed E-state index contributed by atoms with van der Waals surface area (Å²) in [5, 5.41) is 13.2. The first kappa shape index (κ1) is 15.3. The number of hydrogen-bond donors (Lipinski definition) is 2. The fraction of sp³-hybridized carbons (Fsp3) is 0.647.